The summed E-state index contributed by atoms with van der Waals surface area (Å²) >= 11 is 5.92. The summed E-state index contributed by atoms with van der Waals surface area (Å²) < 4.78 is 0. The van der Waals surface area contributed by atoms with Crippen LogP contribution in [0.25, 0.3) is 0 Å². The van der Waals surface area contributed by atoms with E-state index >= 15 is 0 Å². The minimum atomic E-state index is -0.578. The summed E-state index contributed by atoms with van der Waals surface area (Å²) in [4.78, 5) is 27.6. The fourth-order valence-corrected chi connectivity index (χ4v) is 1.94. The quantitative estimate of drug-likeness (QED) is 0.883. The van der Waals surface area contributed by atoms with E-state index in [9.17, 15) is 9.59 Å². The van der Waals surface area contributed by atoms with E-state index in [1.54, 1.807) is 24.3 Å². The van der Waals surface area contributed by atoms with Gasteiger partial charge < -0.3 is 5.32 Å². The molecule has 1 amide bonds. The predicted molar refractivity (Wildman–Crippen MR) is 78.4 cm³/mol. The number of carbonyl (C=O) groups excluding carboxylic acids is 2. The number of hydrogen-bond donors (Lipinski definition) is 1. The number of halogens is 1. The van der Waals surface area contributed by atoms with Crippen LogP contribution in [0.15, 0.2) is 36.4 Å². The molecule has 1 aromatic heterocycles. The number of nitriles is 1. The van der Waals surface area contributed by atoms with Crippen LogP contribution in [0.1, 0.15) is 33.5 Å². The van der Waals surface area contributed by atoms with Gasteiger partial charge in [-0.3, -0.25) is 9.59 Å². The van der Waals surface area contributed by atoms with Crippen LogP contribution in [-0.4, -0.2) is 16.7 Å². The number of rotatable bonds is 3. The highest BCUT2D eigenvalue weighted by molar-refractivity contribution is 6.34. The first-order chi connectivity index (χ1) is 10.0. The number of aromatic nitrogens is 1. The monoisotopic (exact) mass is 299 g/mol. The molecule has 0 spiro atoms. The minimum absolute atomic E-state index is 0.0610. The van der Waals surface area contributed by atoms with Crippen molar-refractivity contribution in [3.63, 3.8) is 0 Å². The third-order valence-electron chi connectivity index (χ3n) is 2.73. The second kappa shape index (κ2) is 6.16. The molecule has 1 aromatic carbocycles. The number of carbonyl (C=O) groups is 2. The summed E-state index contributed by atoms with van der Waals surface area (Å²) in [5.41, 5.74) is 0.784. The molecule has 5 nitrogen and oxygen atoms in total. The second-order valence-corrected chi connectivity index (χ2v) is 4.60. The smallest absolute Gasteiger partial charge is 0.275 e. The van der Waals surface area contributed by atoms with Gasteiger partial charge >= 0.3 is 0 Å². The molecule has 0 unspecified atom stereocenters. The summed E-state index contributed by atoms with van der Waals surface area (Å²) in [6, 6.07) is 11.3. The zero-order chi connectivity index (χ0) is 15.4. The van der Waals surface area contributed by atoms with E-state index < -0.39 is 5.91 Å². The number of pyridine rings is 1. The number of anilines is 1. The first kappa shape index (κ1) is 14.7. The fraction of sp³-hybridized carbons (Fsp3) is 0.0667. The SMILES string of the molecule is CC(=O)c1ccccc1NC(=O)c1nc(C#N)ccc1Cl. The summed E-state index contributed by atoms with van der Waals surface area (Å²) in [6.07, 6.45) is 0. The highest BCUT2D eigenvalue weighted by Gasteiger charge is 2.16. The number of nitrogens with zero attached hydrogens (tertiary/aromatic N) is 2. The zero-order valence-corrected chi connectivity index (χ0v) is 11.8. The number of para-hydroxylation sites is 1. The molecular formula is C15H10ClN3O2. The van der Waals surface area contributed by atoms with Crippen LogP contribution in [0.3, 0.4) is 0 Å². The van der Waals surface area contributed by atoms with Gasteiger partial charge in [0, 0.05) is 5.56 Å². The average molecular weight is 300 g/mol. The topological polar surface area (TPSA) is 82.8 Å². The van der Waals surface area contributed by atoms with Crippen molar-refractivity contribution in [2.45, 2.75) is 6.92 Å². The van der Waals surface area contributed by atoms with Crippen LogP contribution >= 0.6 is 11.6 Å². The first-order valence-electron chi connectivity index (χ1n) is 6.01. The largest absolute Gasteiger partial charge is 0.320 e. The molecule has 0 aliphatic rings. The lowest BCUT2D eigenvalue weighted by Gasteiger charge is -2.09. The van der Waals surface area contributed by atoms with E-state index in [-0.39, 0.29) is 22.2 Å². The number of nitrogens with one attached hydrogen (secondary N) is 1. The lowest BCUT2D eigenvalue weighted by molar-refractivity contribution is 0.101. The fourth-order valence-electron chi connectivity index (χ4n) is 1.74. The lowest BCUT2D eigenvalue weighted by Crippen LogP contribution is -2.16. The van der Waals surface area contributed by atoms with Gasteiger partial charge in [-0.15, -0.1) is 0 Å². The molecule has 0 fully saturated rings. The molecule has 0 aliphatic carbocycles. The molecule has 6 heteroatoms. The van der Waals surface area contributed by atoms with Crippen LogP contribution < -0.4 is 5.32 Å². The van der Waals surface area contributed by atoms with Gasteiger partial charge in [0.2, 0.25) is 0 Å². The van der Waals surface area contributed by atoms with Gasteiger partial charge in [0.25, 0.3) is 5.91 Å². The molecule has 2 rings (SSSR count). The van der Waals surface area contributed by atoms with Gasteiger partial charge in [-0.25, -0.2) is 4.98 Å². The Kier molecular flexibility index (Phi) is 4.31. The number of amides is 1. The Hall–Kier alpha value is -2.71. The van der Waals surface area contributed by atoms with Crippen LogP contribution in [-0.2, 0) is 0 Å². The van der Waals surface area contributed by atoms with E-state index in [1.807, 2.05) is 6.07 Å². The molecule has 0 aliphatic heterocycles. The molecule has 0 bridgehead atoms. The van der Waals surface area contributed by atoms with E-state index in [0.717, 1.165) is 0 Å². The van der Waals surface area contributed by atoms with Gasteiger partial charge in [0.15, 0.2) is 5.78 Å². The third kappa shape index (κ3) is 3.25. The Labute approximate surface area is 126 Å². The molecule has 0 atom stereocenters. The third-order valence-corrected chi connectivity index (χ3v) is 3.04. The zero-order valence-electron chi connectivity index (χ0n) is 11.1. The Morgan fingerprint density at radius 3 is 2.62 bits per heavy atom. The Morgan fingerprint density at radius 2 is 1.95 bits per heavy atom. The van der Waals surface area contributed by atoms with Crippen molar-refractivity contribution in [2.24, 2.45) is 0 Å². The summed E-state index contributed by atoms with van der Waals surface area (Å²) in [6.45, 7) is 1.41. The minimum Gasteiger partial charge on any atom is -0.320 e. The van der Waals surface area contributed by atoms with Gasteiger partial charge in [-0.2, -0.15) is 5.26 Å². The molecule has 0 radical (unpaired) electrons. The van der Waals surface area contributed by atoms with E-state index in [4.69, 9.17) is 16.9 Å². The molecule has 1 N–H and O–H groups in total. The maximum Gasteiger partial charge on any atom is 0.275 e. The number of ketones is 1. The van der Waals surface area contributed by atoms with Gasteiger partial charge in [-0.05, 0) is 31.2 Å². The van der Waals surface area contributed by atoms with Crippen molar-refractivity contribution in [3.05, 3.63) is 58.4 Å². The van der Waals surface area contributed by atoms with Crippen molar-refractivity contribution in [1.82, 2.24) is 4.98 Å². The molecule has 104 valence electrons. The van der Waals surface area contributed by atoms with Gasteiger partial charge in [-0.1, -0.05) is 23.7 Å². The standard InChI is InChI=1S/C15H10ClN3O2/c1-9(20)11-4-2-3-5-13(11)19-15(21)14-12(16)7-6-10(8-17)18-14/h2-7H,1H3,(H,19,21). The van der Waals surface area contributed by atoms with Crippen LogP contribution in [0.5, 0.6) is 0 Å². The van der Waals surface area contributed by atoms with Crippen molar-refractivity contribution in [3.8, 4) is 6.07 Å². The number of hydrogen-bond acceptors (Lipinski definition) is 4. The van der Waals surface area contributed by atoms with Crippen molar-refractivity contribution in [1.29, 1.82) is 5.26 Å². The maximum atomic E-state index is 12.2. The second-order valence-electron chi connectivity index (χ2n) is 4.19. The Bertz CT molecular complexity index is 766. The molecule has 1 heterocycles. The van der Waals surface area contributed by atoms with E-state index in [1.165, 1.54) is 19.1 Å². The molecule has 2 aromatic rings. The maximum absolute atomic E-state index is 12.2. The highest BCUT2D eigenvalue weighted by atomic mass is 35.5. The van der Waals surface area contributed by atoms with Gasteiger partial charge in [0.1, 0.15) is 17.5 Å². The molecule has 0 saturated heterocycles. The predicted octanol–water partition coefficient (Wildman–Crippen LogP) is 3.06. The van der Waals surface area contributed by atoms with Crippen LogP contribution in [0.2, 0.25) is 5.02 Å². The molecule has 0 saturated carbocycles. The van der Waals surface area contributed by atoms with Crippen molar-refractivity contribution in [2.75, 3.05) is 5.32 Å². The Balaban J connectivity index is 2.35. The van der Waals surface area contributed by atoms with Gasteiger partial charge in [0.05, 0.1) is 10.7 Å². The first-order valence-corrected chi connectivity index (χ1v) is 6.38. The van der Waals surface area contributed by atoms with Crippen molar-refractivity contribution >= 4 is 29.0 Å². The number of benzene rings is 1. The normalized spacial score (nSPS) is 9.76. The number of Topliss-reactive ketones (excluding diaryl/α,β-unsaturated/α-hetero) is 1. The van der Waals surface area contributed by atoms with E-state index in [0.29, 0.717) is 11.3 Å². The van der Waals surface area contributed by atoms with Crippen molar-refractivity contribution < 1.29 is 9.59 Å². The molecule has 21 heavy (non-hydrogen) atoms. The van der Waals surface area contributed by atoms with E-state index in [2.05, 4.69) is 10.3 Å². The van der Waals surface area contributed by atoms with Crippen LogP contribution in [0.4, 0.5) is 5.69 Å². The average Bonchev–Trinajstić information content (AvgIpc) is 2.48. The van der Waals surface area contributed by atoms with Crippen LogP contribution in [0, 0.1) is 11.3 Å². The highest BCUT2D eigenvalue weighted by Crippen LogP contribution is 2.19. The molecular weight excluding hydrogens is 290 g/mol. The summed E-state index contributed by atoms with van der Waals surface area (Å²) in [7, 11) is 0. The lowest BCUT2D eigenvalue weighted by atomic mass is 10.1. The summed E-state index contributed by atoms with van der Waals surface area (Å²) in [5.74, 6) is -0.749. The Morgan fingerprint density at radius 1 is 1.24 bits per heavy atom. The summed E-state index contributed by atoms with van der Waals surface area (Å²) in [5, 5.41) is 11.5.